The Labute approximate surface area is 227 Å². The second-order valence-corrected chi connectivity index (χ2v) is 10.3. The predicted octanol–water partition coefficient (Wildman–Crippen LogP) is 3.69. The van der Waals surface area contributed by atoms with Crippen molar-refractivity contribution < 1.29 is 14.0 Å². The van der Waals surface area contributed by atoms with Gasteiger partial charge in [-0.05, 0) is 77.3 Å². The number of carbonyl (C=O) groups is 2. The van der Waals surface area contributed by atoms with Crippen molar-refractivity contribution in [3.8, 4) is 0 Å². The van der Waals surface area contributed by atoms with Gasteiger partial charge >= 0.3 is 0 Å². The van der Waals surface area contributed by atoms with E-state index in [9.17, 15) is 14.0 Å². The van der Waals surface area contributed by atoms with Crippen molar-refractivity contribution in [2.24, 2.45) is 15.9 Å². The first-order chi connectivity index (χ1) is 18.9. The molecule has 200 valence electrons. The lowest BCUT2D eigenvalue weighted by atomic mass is 9.64. The molecule has 1 heterocycles. The van der Waals surface area contributed by atoms with Crippen molar-refractivity contribution in [1.29, 1.82) is 0 Å². The molecule has 0 spiro atoms. The van der Waals surface area contributed by atoms with Gasteiger partial charge in [0.05, 0.1) is 16.8 Å². The van der Waals surface area contributed by atoms with Crippen molar-refractivity contribution in [1.82, 2.24) is 10.6 Å². The number of halogens is 1. The van der Waals surface area contributed by atoms with Crippen LogP contribution in [0.4, 0.5) is 4.39 Å². The van der Waals surface area contributed by atoms with Crippen molar-refractivity contribution in [3.63, 3.8) is 0 Å². The number of nitrogens with two attached hydrogens (primary N) is 1. The molecule has 0 radical (unpaired) electrons. The first kappa shape index (κ1) is 26.4. The van der Waals surface area contributed by atoms with Crippen LogP contribution in [0.2, 0.25) is 0 Å². The smallest absolute Gasteiger partial charge is 0.207 e. The summed E-state index contributed by atoms with van der Waals surface area (Å²) >= 11 is 0. The van der Waals surface area contributed by atoms with Crippen LogP contribution in [0.5, 0.6) is 0 Å². The fourth-order valence-electron chi connectivity index (χ4n) is 6.01. The SMILES string of the molecule is C[C@H](N)CC1(C2=NN=C(c3ccc(F)cc3)C2)c2ccc(CNC=O)cc2CCc2cc(CNC=O)ccc21. The summed E-state index contributed by atoms with van der Waals surface area (Å²) < 4.78 is 13.6. The van der Waals surface area contributed by atoms with Crippen LogP contribution in [0.3, 0.4) is 0 Å². The maximum Gasteiger partial charge on any atom is 0.207 e. The molecular weight excluding hydrogens is 493 g/mol. The zero-order valence-corrected chi connectivity index (χ0v) is 21.9. The molecule has 0 saturated carbocycles. The number of rotatable bonds is 10. The quantitative estimate of drug-likeness (QED) is 0.351. The molecule has 39 heavy (non-hydrogen) atoms. The monoisotopic (exact) mass is 525 g/mol. The minimum atomic E-state index is -0.631. The summed E-state index contributed by atoms with van der Waals surface area (Å²) in [6.45, 7) is 2.91. The van der Waals surface area contributed by atoms with Gasteiger partial charge in [0.2, 0.25) is 12.8 Å². The van der Waals surface area contributed by atoms with Gasteiger partial charge in [0, 0.05) is 25.6 Å². The van der Waals surface area contributed by atoms with E-state index in [1.54, 1.807) is 12.1 Å². The fourth-order valence-corrected chi connectivity index (χ4v) is 6.01. The van der Waals surface area contributed by atoms with E-state index in [-0.39, 0.29) is 11.9 Å². The largest absolute Gasteiger partial charge is 0.355 e. The Bertz CT molecular complexity index is 1380. The van der Waals surface area contributed by atoms with E-state index in [0.717, 1.165) is 52.1 Å². The highest BCUT2D eigenvalue weighted by molar-refractivity contribution is 6.19. The molecule has 0 unspecified atom stereocenters. The van der Waals surface area contributed by atoms with Crippen LogP contribution in [0.15, 0.2) is 70.9 Å². The number of aryl methyl sites for hydroxylation is 2. The van der Waals surface area contributed by atoms with E-state index in [0.29, 0.717) is 38.8 Å². The van der Waals surface area contributed by atoms with Crippen molar-refractivity contribution in [2.75, 3.05) is 0 Å². The van der Waals surface area contributed by atoms with Gasteiger partial charge in [-0.15, -0.1) is 0 Å². The summed E-state index contributed by atoms with van der Waals surface area (Å²) in [7, 11) is 0. The highest BCUT2D eigenvalue weighted by atomic mass is 19.1. The first-order valence-corrected chi connectivity index (χ1v) is 13.2. The molecule has 3 aromatic carbocycles. The van der Waals surface area contributed by atoms with Crippen LogP contribution < -0.4 is 16.4 Å². The minimum absolute atomic E-state index is 0.144. The molecule has 4 N–H and O–H groups in total. The molecule has 2 amide bonds. The minimum Gasteiger partial charge on any atom is -0.355 e. The number of nitrogens with zero attached hydrogens (tertiary/aromatic N) is 2. The average molecular weight is 526 g/mol. The molecule has 0 saturated heterocycles. The van der Waals surface area contributed by atoms with Gasteiger partial charge in [-0.2, -0.15) is 10.2 Å². The van der Waals surface area contributed by atoms with Gasteiger partial charge in [0.15, 0.2) is 0 Å². The van der Waals surface area contributed by atoms with Gasteiger partial charge in [0.1, 0.15) is 5.82 Å². The summed E-state index contributed by atoms with van der Waals surface area (Å²) in [6, 6.07) is 18.9. The Morgan fingerprint density at radius 1 is 0.897 bits per heavy atom. The Morgan fingerprint density at radius 2 is 1.46 bits per heavy atom. The van der Waals surface area contributed by atoms with Crippen LogP contribution in [0.1, 0.15) is 58.7 Å². The maximum absolute atomic E-state index is 13.6. The zero-order chi connectivity index (χ0) is 27.4. The lowest BCUT2D eigenvalue weighted by Gasteiger charge is -2.38. The molecule has 1 aliphatic heterocycles. The highest BCUT2D eigenvalue weighted by Gasteiger charge is 2.45. The van der Waals surface area contributed by atoms with Crippen molar-refractivity contribution >= 4 is 24.2 Å². The molecule has 3 aromatic rings. The average Bonchev–Trinajstić information content (AvgIpc) is 3.39. The number of nitrogens with one attached hydrogen (secondary N) is 2. The van der Waals surface area contributed by atoms with E-state index >= 15 is 0 Å². The standard InChI is InChI=1S/C31H32FN5O2/c1-20(33)15-31(30-14-29(36-37-30)23-6-8-26(32)9-7-23)27-10-2-21(16-34-18-38)12-24(27)4-5-25-13-22(17-35-19-39)3-11-28(25)31/h2-3,6-13,18-20H,4-5,14-17,33H2,1H3,(H,34,38)(H,35,39)/t20-/m0/s1. The van der Waals surface area contributed by atoms with Gasteiger partial charge in [-0.3, -0.25) is 9.59 Å². The number of benzene rings is 3. The number of carbonyl (C=O) groups excluding carboxylic acids is 2. The lowest BCUT2D eigenvalue weighted by molar-refractivity contribution is -0.110. The van der Waals surface area contributed by atoms with Crippen LogP contribution >= 0.6 is 0 Å². The van der Waals surface area contributed by atoms with E-state index < -0.39 is 5.41 Å². The second kappa shape index (κ2) is 11.3. The second-order valence-electron chi connectivity index (χ2n) is 10.3. The number of hydrogen-bond donors (Lipinski definition) is 3. The molecular formula is C31H32FN5O2. The van der Waals surface area contributed by atoms with E-state index in [1.807, 2.05) is 6.92 Å². The summed E-state index contributed by atoms with van der Waals surface area (Å²) in [5, 5.41) is 14.9. The first-order valence-electron chi connectivity index (χ1n) is 13.2. The van der Waals surface area contributed by atoms with Crippen LogP contribution in [0.25, 0.3) is 0 Å². The molecule has 5 rings (SSSR count). The Balaban J connectivity index is 1.66. The van der Waals surface area contributed by atoms with E-state index in [2.05, 4.69) is 52.1 Å². The summed E-state index contributed by atoms with van der Waals surface area (Å²) in [5.41, 5.74) is 15.2. The van der Waals surface area contributed by atoms with Crippen molar-refractivity contribution in [3.05, 3.63) is 105 Å². The van der Waals surface area contributed by atoms with Gasteiger partial charge < -0.3 is 16.4 Å². The molecule has 2 aliphatic rings. The summed E-state index contributed by atoms with van der Waals surface area (Å²) in [4.78, 5) is 21.9. The third-order valence-electron chi connectivity index (χ3n) is 7.63. The fraction of sp³-hybridized carbons (Fsp3) is 0.290. The normalized spacial score (nSPS) is 16.2. The maximum atomic E-state index is 13.6. The van der Waals surface area contributed by atoms with Crippen LogP contribution in [0, 0.1) is 5.82 Å². The molecule has 8 heteroatoms. The van der Waals surface area contributed by atoms with E-state index in [4.69, 9.17) is 10.8 Å². The zero-order valence-electron chi connectivity index (χ0n) is 21.9. The van der Waals surface area contributed by atoms with Crippen LogP contribution in [-0.2, 0) is 40.9 Å². The molecule has 0 bridgehead atoms. The van der Waals surface area contributed by atoms with Gasteiger partial charge in [-0.25, -0.2) is 4.39 Å². The van der Waals surface area contributed by atoms with Gasteiger partial charge in [0.25, 0.3) is 0 Å². The number of amides is 2. The molecule has 0 aromatic heterocycles. The Kier molecular flexibility index (Phi) is 7.65. The molecule has 0 fully saturated rings. The highest BCUT2D eigenvalue weighted by Crippen LogP contribution is 2.46. The van der Waals surface area contributed by atoms with Crippen molar-refractivity contribution in [2.45, 2.75) is 57.2 Å². The molecule has 1 aliphatic carbocycles. The van der Waals surface area contributed by atoms with Crippen LogP contribution in [-0.4, -0.2) is 30.3 Å². The topological polar surface area (TPSA) is 109 Å². The molecule has 1 atom stereocenters. The summed E-state index contributed by atoms with van der Waals surface area (Å²) in [6.07, 6.45) is 4.16. The summed E-state index contributed by atoms with van der Waals surface area (Å²) in [5.74, 6) is -0.293. The molecule has 7 nitrogen and oxygen atoms in total. The third kappa shape index (κ3) is 5.25. The third-order valence-corrected chi connectivity index (χ3v) is 7.63. The van der Waals surface area contributed by atoms with Gasteiger partial charge in [-0.1, -0.05) is 48.5 Å². The lowest BCUT2D eigenvalue weighted by Crippen LogP contribution is -2.43. The number of fused-ring (bicyclic) bond motifs is 2. The predicted molar refractivity (Wildman–Crippen MR) is 150 cm³/mol. The Morgan fingerprint density at radius 3 is 1.97 bits per heavy atom. The number of hydrogen-bond acceptors (Lipinski definition) is 5. The van der Waals surface area contributed by atoms with E-state index in [1.165, 1.54) is 23.3 Å². The Hall–Kier alpha value is -4.17.